The number of nitrogens with zero attached hydrogens (tertiary/aromatic N) is 1. The van der Waals surface area contributed by atoms with E-state index in [9.17, 15) is 18.0 Å². The van der Waals surface area contributed by atoms with Crippen molar-refractivity contribution in [2.24, 2.45) is 0 Å². The second kappa shape index (κ2) is 9.80. The Kier molecular flexibility index (Phi) is 7.03. The van der Waals surface area contributed by atoms with Crippen molar-refractivity contribution in [3.63, 3.8) is 0 Å². The number of benzene rings is 1. The first-order valence-electron chi connectivity index (χ1n) is 10.7. The first-order valence-corrected chi connectivity index (χ1v) is 12.9. The molecule has 1 aliphatic carbocycles. The number of nitrogens with one attached hydrogen (secondary N) is 1. The second-order valence-electron chi connectivity index (χ2n) is 7.74. The van der Waals surface area contributed by atoms with Crippen molar-refractivity contribution in [1.82, 2.24) is 4.31 Å². The van der Waals surface area contributed by atoms with E-state index in [1.807, 2.05) is 0 Å². The van der Waals surface area contributed by atoms with Gasteiger partial charge in [0.15, 0.2) is 0 Å². The Hall–Kier alpha value is -2.47. The van der Waals surface area contributed by atoms with Crippen molar-refractivity contribution in [3.05, 3.63) is 39.8 Å². The molecular formula is C22H26N2O7S2. The third kappa shape index (κ3) is 4.63. The van der Waals surface area contributed by atoms with Gasteiger partial charge in [0.05, 0.1) is 43.5 Å². The smallest absolute Gasteiger partial charge is 0.341 e. The van der Waals surface area contributed by atoms with Gasteiger partial charge in [-0.15, -0.1) is 11.3 Å². The standard InChI is InChI=1S/C22H26N2O7S2/c1-29-17-8-7-14(33(27,28)24-9-11-31-12-10-24)13-16(17)20(25)23-21-19(22(26)30-2)15-5-3-4-6-18(15)32-21/h7-8,13H,3-6,9-12H2,1-2H3,(H,23,25). The highest BCUT2D eigenvalue weighted by Gasteiger charge is 2.30. The van der Waals surface area contributed by atoms with Crippen molar-refractivity contribution in [3.8, 4) is 5.75 Å². The number of hydrogen-bond acceptors (Lipinski definition) is 8. The van der Waals surface area contributed by atoms with E-state index >= 15 is 0 Å². The molecule has 0 spiro atoms. The summed E-state index contributed by atoms with van der Waals surface area (Å²) < 4.78 is 43.0. The predicted octanol–water partition coefficient (Wildman–Crippen LogP) is 2.70. The zero-order valence-corrected chi connectivity index (χ0v) is 20.1. The van der Waals surface area contributed by atoms with Crippen LogP contribution in [-0.2, 0) is 32.3 Å². The minimum absolute atomic E-state index is 0.00554. The summed E-state index contributed by atoms with van der Waals surface area (Å²) in [4.78, 5) is 26.8. The van der Waals surface area contributed by atoms with Crippen LogP contribution in [0.1, 0.15) is 44.0 Å². The van der Waals surface area contributed by atoms with Crippen molar-refractivity contribution < 1.29 is 32.2 Å². The molecule has 0 bridgehead atoms. The summed E-state index contributed by atoms with van der Waals surface area (Å²) in [6.45, 7) is 1.14. The van der Waals surface area contributed by atoms with Gasteiger partial charge < -0.3 is 19.5 Å². The summed E-state index contributed by atoms with van der Waals surface area (Å²) in [6.07, 6.45) is 3.59. The van der Waals surface area contributed by atoms with Crippen LogP contribution >= 0.6 is 11.3 Å². The number of ether oxygens (including phenoxy) is 3. The van der Waals surface area contributed by atoms with Crippen LogP contribution in [0.3, 0.4) is 0 Å². The summed E-state index contributed by atoms with van der Waals surface area (Å²) in [5.41, 5.74) is 1.36. The predicted molar refractivity (Wildman–Crippen MR) is 123 cm³/mol. The minimum atomic E-state index is -3.80. The highest BCUT2D eigenvalue weighted by Crippen LogP contribution is 2.39. The molecule has 33 heavy (non-hydrogen) atoms. The topological polar surface area (TPSA) is 111 Å². The molecule has 2 aromatic rings. The molecule has 1 aromatic carbocycles. The van der Waals surface area contributed by atoms with E-state index in [0.29, 0.717) is 23.8 Å². The van der Waals surface area contributed by atoms with Gasteiger partial charge in [-0.25, -0.2) is 13.2 Å². The van der Waals surface area contributed by atoms with Gasteiger partial charge in [0.2, 0.25) is 10.0 Å². The van der Waals surface area contributed by atoms with E-state index in [1.54, 1.807) is 0 Å². The average molecular weight is 495 g/mol. The fraction of sp³-hybridized carbons (Fsp3) is 0.455. The van der Waals surface area contributed by atoms with Gasteiger partial charge in [0, 0.05) is 18.0 Å². The fourth-order valence-electron chi connectivity index (χ4n) is 4.10. The van der Waals surface area contributed by atoms with Gasteiger partial charge in [-0.3, -0.25) is 4.79 Å². The molecule has 1 aliphatic heterocycles. The lowest BCUT2D eigenvalue weighted by atomic mass is 9.95. The molecule has 0 unspecified atom stereocenters. The Morgan fingerprint density at radius 3 is 2.55 bits per heavy atom. The zero-order valence-electron chi connectivity index (χ0n) is 18.5. The molecule has 0 saturated carbocycles. The van der Waals surface area contributed by atoms with Crippen LogP contribution in [0, 0.1) is 0 Å². The van der Waals surface area contributed by atoms with Crippen LogP contribution < -0.4 is 10.1 Å². The molecule has 11 heteroatoms. The number of aryl methyl sites for hydroxylation is 1. The van der Waals surface area contributed by atoms with Crippen LogP contribution in [0.5, 0.6) is 5.75 Å². The number of sulfonamides is 1. The summed E-state index contributed by atoms with van der Waals surface area (Å²) in [5.74, 6) is -0.829. The van der Waals surface area contributed by atoms with E-state index in [2.05, 4.69) is 5.32 Å². The number of amides is 1. The van der Waals surface area contributed by atoms with Crippen LogP contribution in [0.4, 0.5) is 5.00 Å². The molecule has 178 valence electrons. The maximum Gasteiger partial charge on any atom is 0.341 e. The van der Waals surface area contributed by atoms with Crippen molar-refractivity contribution >= 4 is 38.2 Å². The maximum absolute atomic E-state index is 13.3. The normalized spacial score (nSPS) is 16.7. The molecule has 0 radical (unpaired) electrons. The summed E-state index contributed by atoms with van der Waals surface area (Å²) in [6, 6.07) is 4.19. The lowest BCUT2D eigenvalue weighted by Gasteiger charge is -2.26. The van der Waals surface area contributed by atoms with Crippen molar-refractivity contribution in [1.29, 1.82) is 0 Å². The number of carbonyl (C=O) groups excluding carboxylic acids is 2. The minimum Gasteiger partial charge on any atom is -0.496 e. The van der Waals surface area contributed by atoms with Crippen molar-refractivity contribution in [2.45, 2.75) is 30.6 Å². The molecular weight excluding hydrogens is 468 g/mol. The van der Waals surface area contributed by atoms with Crippen molar-refractivity contribution in [2.75, 3.05) is 45.8 Å². The van der Waals surface area contributed by atoms with Crippen LogP contribution in [0.25, 0.3) is 0 Å². The number of carbonyl (C=O) groups is 2. The SMILES string of the molecule is COC(=O)c1c(NC(=O)c2cc(S(=O)(=O)N3CCOCC3)ccc2OC)sc2c1CCCC2. The van der Waals surface area contributed by atoms with Gasteiger partial charge in [-0.05, 0) is 49.4 Å². The molecule has 9 nitrogen and oxygen atoms in total. The maximum atomic E-state index is 13.3. The first-order chi connectivity index (χ1) is 15.9. The second-order valence-corrected chi connectivity index (χ2v) is 10.8. The summed E-state index contributed by atoms with van der Waals surface area (Å²) in [5, 5.41) is 3.21. The lowest BCUT2D eigenvalue weighted by Crippen LogP contribution is -2.40. The Bertz CT molecular complexity index is 1170. The lowest BCUT2D eigenvalue weighted by molar-refractivity contribution is 0.0601. The Labute approximate surface area is 196 Å². The van der Waals surface area contributed by atoms with E-state index in [1.165, 1.54) is 48.1 Å². The van der Waals surface area contributed by atoms with E-state index in [-0.39, 0.29) is 29.3 Å². The van der Waals surface area contributed by atoms with Crippen LogP contribution in [-0.4, -0.2) is 65.1 Å². The monoisotopic (exact) mass is 494 g/mol. The summed E-state index contributed by atoms with van der Waals surface area (Å²) >= 11 is 1.36. The van der Waals surface area contributed by atoms with Crippen LogP contribution in [0.15, 0.2) is 23.1 Å². The third-order valence-electron chi connectivity index (χ3n) is 5.81. The molecule has 0 atom stereocenters. The molecule has 1 N–H and O–H groups in total. The number of methoxy groups -OCH3 is 2. The van der Waals surface area contributed by atoms with Crippen LogP contribution in [0.2, 0.25) is 0 Å². The van der Waals surface area contributed by atoms with E-state index in [0.717, 1.165) is 36.1 Å². The fourth-order valence-corrected chi connectivity index (χ4v) is 6.81. The first kappa shape index (κ1) is 23.7. The average Bonchev–Trinajstić information content (AvgIpc) is 3.21. The summed E-state index contributed by atoms with van der Waals surface area (Å²) in [7, 11) is -1.08. The molecule has 2 aliphatic rings. The molecule has 1 aromatic heterocycles. The Morgan fingerprint density at radius 2 is 1.85 bits per heavy atom. The molecule has 1 fully saturated rings. The number of rotatable bonds is 6. The third-order valence-corrected chi connectivity index (χ3v) is 8.91. The van der Waals surface area contributed by atoms with Gasteiger partial charge in [0.1, 0.15) is 10.8 Å². The molecule has 1 amide bonds. The molecule has 2 heterocycles. The molecule has 1 saturated heterocycles. The number of morpholine rings is 1. The largest absolute Gasteiger partial charge is 0.496 e. The number of thiophene rings is 1. The van der Waals surface area contributed by atoms with Gasteiger partial charge >= 0.3 is 5.97 Å². The van der Waals surface area contributed by atoms with Gasteiger partial charge in [-0.2, -0.15) is 4.31 Å². The van der Waals surface area contributed by atoms with E-state index < -0.39 is 21.9 Å². The van der Waals surface area contributed by atoms with Gasteiger partial charge in [0.25, 0.3) is 5.91 Å². The number of anilines is 1. The van der Waals surface area contributed by atoms with E-state index in [4.69, 9.17) is 14.2 Å². The number of esters is 1. The number of hydrogen-bond donors (Lipinski definition) is 1. The highest BCUT2D eigenvalue weighted by molar-refractivity contribution is 7.89. The Morgan fingerprint density at radius 1 is 1.12 bits per heavy atom. The quantitative estimate of drug-likeness (QED) is 0.615. The molecule has 4 rings (SSSR count). The van der Waals surface area contributed by atoms with Gasteiger partial charge in [-0.1, -0.05) is 0 Å². The Balaban J connectivity index is 1.68. The zero-order chi connectivity index (χ0) is 23.6. The number of fused-ring (bicyclic) bond motifs is 1. The highest BCUT2D eigenvalue weighted by atomic mass is 32.2.